The van der Waals surface area contributed by atoms with E-state index in [1.807, 2.05) is 48.5 Å². The number of para-hydroxylation sites is 1. The lowest BCUT2D eigenvalue weighted by atomic mass is 10.2. The molecule has 0 fully saturated rings. The summed E-state index contributed by atoms with van der Waals surface area (Å²) in [5.74, 6) is 0.547. The Morgan fingerprint density at radius 2 is 1.74 bits per heavy atom. The fourth-order valence-electron chi connectivity index (χ4n) is 2.51. The Hall–Kier alpha value is -2.62. The molecule has 2 aromatic carbocycles. The van der Waals surface area contributed by atoms with Gasteiger partial charge in [-0.1, -0.05) is 62.2 Å². The Balaban J connectivity index is 2.10. The summed E-state index contributed by atoms with van der Waals surface area (Å²) in [6.07, 6.45) is 3.11. The minimum Gasteiger partial charge on any atom is -0.409 e. The van der Waals surface area contributed by atoms with Crippen molar-refractivity contribution in [1.82, 2.24) is 9.71 Å². The topological polar surface area (TPSA) is 44.1 Å². The number of rotatable bonds is 6. The number of benzene rings is 2. The van der Waals surface area contributed by atoms with Crippen LogP contribution in [0, 0.1) is 0 Å². The van der Waals surface area contributed by atoms with E-state index in [9.17, 15) is 4.79 Å². The summed E-state index contributed by atoms with van der Waals surface area (Å²) in [7, 11) is 0. The lowest BCUT2D eigenvalue weighted by Gasteiger charge is -2.14. The zero-order valence-electron chi connectivity index (χ0n) is 13.2. The lowest BCUT2D eigenvalue weighted by molar-refractivity contribution is 0.101. The van der Waals surface area contributed by atoms with Crippen molar-refractivity contribution in [3.63, 3.8) is 0 Å². The van der Waals surface area contributed by atoms with Crippen LogP contribution in [0.15, 0.2) is 59.4 Å². The molecular formula is C19H20N2O2. The van der Waals surface area contributed by atoms with Crippen LogP contribution in [-0.2, 0) is 0 Å². The second-order valence-corrected chi connectivity index (χ2v) is 5.46. The van der Waals surface area contributed by atoms with E-state index in [2.05, 4.69) is 11.9 Å². The first-order chi connectivity index (χ1) is 11.3. The Labute approximate surface area is 135 Å². The van der Waals surface area contributed by atoms with E-state index < -0.39 is 0 Å². The van der Waals surface area contributed by atoms with E-state index in [1.54, 1.807) is 6.07 Å². The molecule has 118 valence electrons. The van der Waals surface area contributed by atoms with Crippen LogP contribution in [0.4, 0.5) is 0 Å². The molecule has 0 N–H and O–H groups in total. The molecular weight excluding hydrogens is 288 g/mol. The van der Waals surface area contributed by atoms with E-state index in [1.165, 1.54) is 4.73 Å². The van der Waals surface area contributed by atoms with Gasteiger partial charge in [-0.05, 0) is 18.6 Å². The molecule has 0 atom stereocenters. The zero-order valence-corrected chi connectivity index (χ0v) is 13.2. The van der Waals surface area contributed by atoms with Crippen LogP contribution in [0.2, 0.25) is 0 Å². The molecule has 1 aromatic heterocycles. The molecule has 0 spiro atoms. The highest BCUT2D eigenvalue weighted by atomic mass is 16.7. The molecule has 4 nitrogen and oxygen atoms in total. The second-order valence-electron chi connectivity index (χ2n) is 5.46. The van der Waals surface area contributed by atoms with Crippen molar-refractivity contribution in [3.8, 4) is 11.4 Å². The van der Waals surface area contributed by atoms with Gasteiger partial charge < -0.3 is 4.84 Å². The average Bonchev–Trinajstić information content (AvgIpc) is 2.61. The monoisotopic (exact) mass is 308 g/mol. The highest BCUT2D eigenvalue weighted by Crippen LogP contribution is 2.17. The summed E-state index contributed by atoms with van der Waals surface area (Å²) in [6.45, 7) is 2.65. The minimum atomic E-state index is -0.161. The number of fused-ring (bicyclic) bond motifs is 1. The van der Waals surface area contributed by atoms with Crippen molar-refractivity contribution >= 4 is 10.9 Å². The summed E-state index contributed by atoms with van der Waals surface area (Å²) < 4.78 is 1.34. The van der Waals surface area contributed by atoms with Gasteiger partial charge in [0, 0.05) is 5.56 Å². The van der Waals surface area contributed by atoms with Crippen molar-refractivity contribution in [2.45, 2.75) is 26.2 Å². The van der Waals surface area contributed by atoms with Gasteiger partial charge in [0.1, 0.15) is 6.61 Å². The maximum absolute atomic E-state index is 12.8. The van der Waals surface area contributed by atoms with Gasteiger partial charge in [-0.2, -0.15) is 0 Å². The van der Waals surface area contributed by atoms with E-state index >= 15 is 0 Å². The molecule has 0 aliphatic rings. The molecule has 0 unspecified atom stereocenters. The molecule has 0 aliphatic heterocycles. The molecule has 0 saturated carbocycles. The lowest BCUT2D eigenvalue weighted by Crippen LogP contribution is -2.30. The van der Waals surface area contributed by atoms with Crippen molar-refractivity contribution in [1.29, 1.82) is 0 Å². The Bertz CT molecular complexity index is 841. The van der Waals surface area contributed by atoms with Crippen LogP contribution < -0.4 is 10.4 Å². The van der Waals surface area contributed by atoms with Crippen LogP contribution >= 0.6 is 0 Å². The molecule has 0 radical (unpaired) electrons. The van der Waals surface area contributed by atoms with Crippen LogP contribution in [-0.4, -0.2) is 16.3 Å². The van der Waals surface area contributed by atoms with Gasteiger partial charge in [-0.25, -0.2) is 4.98 Å². The molecule has 4 heteroatoms. The van der Waals surface area contributed by atoms with Crippen molar-refractivity contribution in [2.75, 3.05) is 6.61 Å². The first-order valence-electron chi connectivity index (χ1n) is 8.01. The standard InChI is InChI=1S/C19H20N2O2/c1-2-3-9-14-23-21-18(15-10-5-4-6-11-15)20-17-13-8-7-12-16(17)19(21)22/h4-8,10-13H,2-3,9,14H2,1H3. The average molecular weight is 308 g/mol. The molecule has 3 rings (SSSR count). The van der Waals surface area contributed by atoms with E-state index in [0.717, 1.165) is 24.8 Å². The fraction of sp³-hybridized carbons (Fsp3) is 0.263. The second kappa shape index (κ2) is 7.09. The molecule has 0 amide bonds. The quantitative estimate of drug-likeness (QED) is 0.652. The number of hydrogen-bond donors (Lipinski definition) is 0. The number of unbranched alkanes of at least 4 members (excludes halogenated alkanes) is 2. The summed E-state index contributed by atoms with van der Waals surface area (Å²) in [5.41, 5.74) is 1.39. The Morgan fingerprint density at radius 1 is 1.00 bits per heavy atom. The third-order valence-electron chi connectivity index (χ3n) is 3.74. The molecule has 23 heavy (non-hydrogen) atoms. The van der Waals surface area contributed by atoms with Gasteiger partial charge in [-0.3, -0.25) is 4.79 Å². The van der Waals surface area contributed by atoms with E-state index in [-0.39, 0.29) is 5.56 Å². The largest absolute Gasteiger partial charge is 0.409 e. The Kier molecular flexibility index (Phi) is 4.71. The maximum atomic E-state index is 12.8. The SMILES string of the molecule is CCCCCOn1c(-c2ccccc2)nc2ccccc2c1=O. The molecule has 0 bridgehead atoms. The Morgan fingerprint density at radius 3 is 2.52 bits per heavy atom. The van der Waals surface area contributed by atoms with Crippen LogP contribution in [0.1, 0.15) is 26.2 Å². The first kappa shape index (κ1) is 15.3. The summed E-state index contributed by atoms with van der Waals surface area (Å²) in [4.78, 5) is 23.2. The highest BCUT2D eigenvalue weighted by molar-refractivity contribution is 5.79. The predicted octanol–water partition coefficient (Wildman–Crippen LogP) is 3.68. The van der Waals surface area contributed by atoms with Crippen molar-refractivity contribution in [3.05, 3.63) is 65.0 Å². The van der Waals surface area contributed by atoms with E-state index in [0.29, 0.717) is 23.3 Å². The molecule has 0 aliphatic carbocycles. The summed E-state index contributed by atoms with van der Waals surface area (Å²) in [5, 5.41) is 0.572. The van der Waals surface area contributed by atoms with Gasteiger partial charge in [0.25, 0.3) is 5.56 Å². The van der Waals surface area contributed by atoms with Crippen molar-refractivity contribution in [2.24, 2.45) is 0 Å². The maximum Gasteiger partial charge on any atom is 0.294 e. The van der Waals surface area contributed by atoms with Gasteiger partial charge in [-0.15, -0.1) is 4.73 Å². The number of hydrogen-bond acceptors (Lipinski definition) is 3. The predicted molar refractivity (Wildman–Crippen MR) is 92.4 cm³/mol. The van der Waals surface area contributed by atoms with Gasteiger partial charge in [0.2, 0.25) is 0 Å². The number of aromatic nitrogens is 2. The summed E-state index contributed by atoms with van der Waals surface area (Å²) >= 11 is 0. The minimum absolute atomic E-state index is 0.161. The third-order valence-corrected chi connectivity index (χ3v) is 3.74. The number of nitrogens with zero attached hydrogens (tertiary/aromatic N) is 2. The van der Waals surface area contributed by atoms with Gasteiger partial charge >= 0.3 is 0 Å². The normalized spacial score (nSPS) is 10.8. The zero-order chi connectivity index (χ0) is 16.1. The van der Waals surface area contributed by atoms with Crippen LogP contribution in [0.3, 0.4) is 0 Å². The van der Waals surface area contributed by atoms with Gasteiger partial charge in [0.05, 0.1) is 10.9 Å². The van der Waals surface area contributed by atoms with Gasteiger partial charge in [0.15, 0.2) is 5.82 Å². The van der Waals surface area contributed by atoms with Crippen LogP contribution in [0.5, 0.6) is 0 Å². The fourth-order valence-corrected chi connectivity index (χ4v) is 2.51. The first-order valence-corrected chi connectivity index (χ1v) is 8.01. The summed E-state index contributed by atoms with van der Waals surface area (Å²) in [6, 6.07) is 17.0. The third kappa shape index (κ3) is 3.26. The molecule has 3 aromatic rings. The molecule has 0 saturated heterocycles. The molecule has 1 heterocycles. The highest BCUT2D eigenvalue weighted by Gasteiger charge is 2.13. The van der Waals surface area contributed by atoms with Crippen molar-refractivity contribution < 1.29 is 4.84 Å². The van der Waals surface area contributed by atoms with Crippen LogP contribution in [0.25, 0.3) is 22.3 Å². The van der Waals surface area contributed by atoms with E-state index in [4.69, 9.17) is 4.84 Å². The smallest absolute Gasteiger partial charge is 0.294 e.